The third kappa shape index (κ3) is 5.18. The SMILES string of the molecule is C=CC(=O)N1CCN(c2nc(OCC3CN(c4ncccc4F)C3)nc3c(F)c(-c4c(C)ccc5[nH]ncc45)c(Cl)cc23)CC1. The highest BCUT2D eigenvalue weighted by molar-refractivity contribution is 6.35. The molecule has 45 heavy (non-hydrogen) atoms. The average molecular weight is 631 g/mol. The average Bonchev–Trinajstić information content (AvgIpc) is 3.51. The van der Waals surface area contributed by atoms with E-state index in [0.717, 1.165) is 16.5 Å². The van der Waals surface area contributed by atoms with Crippen molar-refractivity contribution in [1.82, 2.24) is 30.0 Å². The fraction of sp³-hybridized carbons (Fsp3) is 0.281. The number of anilines is 2. The Labute approximate surface area is 262 Å². The van der Waals surface area contributed by atoms with Crippen LogP contribution in [-0.4, -0.2) is 81.8 Å². The largest absolute Gasteiger partial charge is 0.463 e. The van der Waals surface area contributed by atoms with Gasteiger partial charge in [-0.05, 0) is 42.8 Å². The molecule has 2 aliphatic heterocycles. The molecule has 2 aromatic carbocycles. The number of pyridine rings is 1. The van der Waals surface area contributed by atoms with E-state index in [9.17, 15) is 9.18 Å². The van der Waals surface area contributed by atoms with Gasteiger partial charge in [-0.3, -0.25) is 9.89 Å². The van der Waals surface area contributed by atoms with Crippen LogP contribution in [-0.2, 0) is 4.79 Å². The maximum absolute atomic E-state index is 16.7. The lowest BCUT2D eigenvalue weighted by atomic mass is 9.95. The number of carbonyl (C=O) groups is 1. The first-order valence-electron chi connectivity index (χ1n) is 14.6. The summed E-state index contributed by atoms with van der Waals surface area (Å²) < 4.78 is 37.0. The van der Waals surface area contributed by atoms with Gasteiger partial charge in [-0.15, -0.1) is 0 Å². The fourth-order valence-electron chi connectivity index (χ4n) is 6.07. The highest BCUT2D eigenvalue weighted by Crippen LogP contribution is 2.42. The summed E-state index contributed by atoms with van der Waals surface area (Å²) >= 11 is 6.84. The summed E-state index contributed by atoms with van der Waals surface area (Å²) in [6.07, 6.45) is 4.51. The molecule has 230 valence electrons. The van der Waals surface area contributed by atoms with Crippen LogP contribution < -0.4 is 14.5 Å². The van der Waals surface area contributed by atoms with E-state index in [0.29, 0.717) is 61.9 Å². The zero-order valence-electron chi connectivity index (χ0n) is 24.4. The number of aromatic amines is 1. The molecule has 0 radical (unpaired) electrons. The lowest BCUT2D eigenvalue weighted by molar-refractivity contribution is -0.126. The molecule has 13 heteroatoms. The monoisotopic (exact) mass is 630 g/mol. The van der Waals surface area contributed by atoms with Gasteiger partial charge < -0.3 is 19.4 Å². The van der Waals surface area contributed by atoms with Crippen LogP contribution in [0, 0.1) is 24.5 Å². The minimum Gasteiger partial charge on any atom is -0.463 e. The van der Waals surface area contributed by atoms with Gasteiger partial charge in [-0.1, -0.05) is 24.2 Å². The number of ether oxygens (including phenoxy) is 1. The molecular formula is C32H29ClF2N8O2. The van der Waals surface area contributed by atoms with Crippen LogP contribution in [0.3, 0.4) is 0 Å². The van der Waals surface area contributed by atoms with Crippen molar-refractivity contribution in [2.24, 2.45) is 5.92 Å². The van der Waals surface area contributed by atoms with Crippen LogP contribution in [0.5, 0.6) is 6.01 Å². The second kappa shape index (κ2) is 11.6. The second-order valence-electron chi connectivity index (χ2n) is 11.3. The minimum absolute atomic E-state index is 0.0231. The summed E-state index contributed by atoms with van der Waals surface area (Å²) in [7, 11) is 0. The lowest BCUT2D eigenvalue weighted by Crippen LogP contribution is -2.50. The van der Waals surface area contributed by atoms with E-state index in [1.165, 1.54) is 12.1 Å². The molecule has 0 spiro atoms. The third-order valence-electron chi connectivity index (χ3n) is 8.43. The van der Waals surface area contributed by atoms with Gasteiger partial charge in [0.25, 0.3) is 0 Å². The molecule has 3 aromatic heterocycles. The summed E-state index contributed by atoms with van der Waals surface area (Å²) in [6.45, 7) is 8.66. The summed E-state index contributed by atoms with van der Waals surface area (Å²) in [5.74, 6) is -0.258. The predicted molar refractivity (Wildman–Crippen MR) is 169 cm³/mol. The van der Waals surface area contributed by atoms with Crippen LogP contribution >= 0.6 is 11.6 Å². The Morgan fingerprint density at radius 2 is 1.89 bits per heavy atom. The number of piperazine rings is 1. The Morgan fingerprint density at radius 3 is 2.64 bits per heavy atom. The van der Waals surface area contributed by atoms with E-state index in [4.69, 9.17) is 21.3 Å². The van der Waals surface area contributed by atoms with Gasteiger partial charge in [0.05, 0.1) is 23.3 Å². The number of fused-ring (bicyclic) bond motifs is 2. The number of nitrogens with zero attached hydrogens (tertiary/aromatic N) is 7. The molecule has 10 nitrogen and oxygen atoms in total. The van der Waals surface area contributed by atoms with Crippen molar-refractivity contribution in [3.05, 3.63) is 77.6 Å². The van der Waals surface area contributed by atoms with E-state index >= 15 is 4.39 Å². The smallest absolute Gasteiger partial charge is 0.319 e. The van der Waals surface area contributed by atoms with Crippen LogP contribution in [0.1, 0.15) is 5.56 Å². The molecule has 2 saturated heterocycles. The molecule has 0 saturated carbocycles. The Hall–Kier alpha value is -4.84. The van der Waals surface area contributed by atoms with E-state index in [1.807, 2.05) is 28.9 Å². The van der Waals surface area contributed by atoms with Crippen molar-refractivity contribution in [3.8, 4) is 17.1 Å². The molecule has 0 atom stereocenters. The van der Waals surface area contributed by atoms with E-state index in [1.54, 1.807) is 29.4 Å². The van der Waals surface area contributed by atoms with Gasteiger partial charge in [0.1, 0.15) is 11.3 Å². The van der Waals surface area contributed by atoms with Crippen LogP contribution in [0.25, 0.3) is 32.9 Å². The molecule has 5 aromatic rings. The van der Waals surface area contributed by atoms with Crippen molar-refractivity contribution in [2.75, 3.05) is 55.7 Å². The maximum Gasteiger partial charge on any atom is 0.319 e. The number of nitrogens with one attached hydrogen (secondary N) is 1. The van der Waals surface area contributed by atoms with Crippen molar-refractivity contribution in [2.45, 2.75) is 6.92 Å². The summed E-state index contributed by atoms with van der Waals surface area (Å²) in [5, 5.41) is 8.47. The minimum atomic E-state index is -0.594. The molecule has 1 N–H and O–H groups in total. The fourth-order valence-corrected chi connectivity index (χ4v) is 6.36. The first kappa shape index (κ1) is 28.9. The van der Waals surface area contributed by atoms with Gasteiger partial charge >= 0.3 is 6.01 Å². The van der Waals surface area contributed by atoms with Crippen molar-refractivity contribution in [3.63, 3.8) is 0 Å². The Kier molecular flexibility index (Phi) is 7.44. The van der Waals surface area contributed by atoms with Crippen LogP contribution in [0.2, 0.25) is 5.02 Å². The number of amides is 1. The van der Waals surface area contributed by atoms with E-state index < -0.39 is 5.82 Å². The quantitative estimate of drug-likeness (QED) is 0.246. The Morgan fingerprint density at radius 1 is 1.09 bits per heavy atom. The first-order chi connectivity index (χ1) is 21.8. The van der Waals surface area contributed by atoms with Gasteiger partial charge in [0.2, 0.25) is 5.91 Å². The zero-order valence-corrected chi connectivity index (χ0v) is 25.2. The number of halogens is 3. The first-order valence-corrected chi connectivity index (χ1v) is 15.0. The van der Waals surface area contributed by atoms with E-state index in [-0.39, 0.29) is 46.4 Å². The number of H-pyrrole nitrogens is 1. The molecular weight excluding hydrogens is 602 g/mol. The molecule has 0 bridgehead atoms. The van der Waals surface area contributed by atoms with Crippen molar-refractivity contribution >= 4 is 50.9 Å². The van der Waals surface area contributed by atoms with Gasteiger partial charge in [-0.2, -0.15) is 15.1 Å². The molecule has 2 fully saturated rings. The number of rotatable bonds is 7. The summed E-state index contributed by atoms with van der Waals surface area (Å²) in [5.41, 5.74) is 2.51. The predicted octanol–water partition coefficient (Wildman–Crippen LogP) is 5.16. The van der Waals surface area contributed by atoms with Gasteiger partial charge in [-0.25, -0.2) is 13.8 Å². The topological polar surface area (TPSA) is 103 Å². The number of aryl methyl sites for hydroxylation is 1. The zero-order chi connectivity index (χ0) is 31.2. The van der Waals surface area contributed by atoms with Crippen LogP contribution in [0.4, 0.5) is 20.4 Å². The molecule has 1 amide bonds. The second-order valence-corrected chi connectivity index (χ2v) is 11.7. The van der Waals surface area contributed by atoms with Crippen LogP contribution in [0.15, 0.2) is 55.4 Å². The summed E-state index contributed by atoms with van der Waals surface area (Å²) in [4.78, 5) is 31.1. The number of benzene rings is 2. The number of hydrogen-bond donors (Lipinski definition) is 1. The Balaban J connectivity index is 1.25. The summed E-state index contributed by atoms with van der Waals surface area (Å²) in [6, 6.07) is 8.43. The molecule has 0 unspecified atom stereocenters. The molecule has 0 aliphatic carbocycles. The number of aromatic nitrogens is 5. The highest BCUT2D eigenvalue weighted by atomic mass is 35.5. The van der Waals surface area contributed by atoms with E-state index in [2.05, 4.69) is 26.7 Å². The third-order valence-corrected chi connectivity index (χ3v) is 8.73. The van der Waals surface area contributed by atoms with Gasteiger partial charge in [0, 0.05) is 73.3 Å². The number of carbonyl (C=O) groups excluding carboxylic acids is 1. The Bertz CT molecular complexity index is 1950. The molecule has 5 heterocycles. The molecule has 7 rings (SSSR count). The standard InChI is InChI=1S/C32H29ClF2N8O2/c1-3-25(44)41-9-11-42(12-10-41)30-20-13-22(33)27(26-18(2)6-7-24-21(26)14-37-40-24)28(35)29(20)38-32(39-30)45-17-19-15-43(16-19)31-23(34)5-4-8-36-31/h3-8,13-14,19H,1,9-12,15-17H2,2H3,(H,37,40). The maximum atomic E-state index is 16.7. The lowest BCUT2D eigenvalue weighted by Gasteiger charge is -2.39. The van der Waals surface area contributed by atoms with Crippen molar-refractivity contribution in [1.29, 1.82) is 0 Å². The molecule has 2 aliphatic rings. The van der Waals surface area contributed by atoms with Gasteiger partial charge in [0.15, 0.2) is 17.5 Å². The highest BCUT2D eigenvalue weighted by Gasteiger charge is 2.31. The van der Waals surface area contributed by atoms with Crippen molar-refractivity contribution < 1.29 is 18.3 Å². The number of hydrogen-bond acceptors (Lipinski definition) is 8. The normalized spacial score (nSPS) is 15.5.